The molecule has 8 heteroatoms. The maximum Gasteiger partial charge on any atom is 0.257 e. The van der Waals surface area contributed by atoms with E-state index in [1.807, 2.05) is 13.8 Å². The van der Waals surface area contributed by atoms with Gasteiger partial charge in [-0.1, -0.05) is 36.4 Å². The van der Waals surface area contributed by atoms with E-state index in [4.69, 9.17) is 9.26 Å². The van der Waals surface area contributed by atoms with Crippen molar-refractivity contribution >= 4 is 22.4 Å². The number of nitrogens with zero attached hydrogens (tertiary/aromatic N) is 3. The molecule has 0 unspecified atom stereocenters. The maximum absolute atomic E-state index is 12.5. The van der Waals surface area contributed by atoms with E-state index >= 15 is 0 Å². The lowest BCUT2D eigenvalue weighted by Crippen LogP contribution is -2.11. The van der Waals surface area contributed by atoms with Gasteiger partial charge in [0.05, 0.1) is 11.3 Å². The number of hydrogen-bond acceptors (Lipinski definition) is 7. The van der Waals surface area contributed by atoms with Crippen LogP contribution in [0.1, 0.15) is 46.2 Å². The molecule has 0 spiro atoms. The predicted octanol–water partition coefficient (Wildman–Crippen LogP) is 4.17. The van der Waals surface area contributed by atoms with Gasteiger partial charge >= 0.3 is 0 Å². The number of benzene rings is 1. The number of hydrogen-bond donors (Lipinski definition) is 1. The molecule has 3 rings (SSSR count). The summed E-state index contributed by atoms with van der Waals surface area (Å²) in [6, 6.07) is 7.01. The van der Waals surface area contributed by atoms with Crippen LogP contribution in [0.15, 0.2) is 28.8 Å². The molecule has 1 aromatic carbocycles. The number of anilines is 1. The number of ether oxygens (including phenoxy) is 1. The van der Waals surface area contributed by atoms with Gasteiger partial charge in [0.25, 0.3) is 5.91 Å². The third-order valence-electron chi connectivity index (χ3n) is 3.93. The van der Waals surface area contributed by atoms with Gasteiger partial charge in [0.2, 0.25) is 5.13 Å². The summed E-state index contributed by atoms with van der Waals surface area (Å²) < 4.78 is 10.9. The first kappa shape index (κ1) is 19.0. The molecular weight excluding hydrogens is 364 g/mol. The van der Waals surface area contributed by atoms with Crippen molar-refractivity contribution in [1.82, 2.24) is 15.4 Å². The lowest BCUT2D eigenvalue weighted by Gasteiger charge is -2.07. The van der Waals surface area contributed by atoms with Gasteiger partial charge in [-0.15, -0.1) is 10.2 Å². The Bertz CT molecular complexity index is 913. The van der Waals surface area contributed by atoms with Crippen molar-refractivity contribution < 1.29 is 14.1 Å². The van der Waals surface area contributed by atoms with Crippen LogP contribution in [0.4, 0.5) is 5.13 Å². The average molecular weight is 386 g/mol. The minimum atomic E-state index is -0.245. The molecule has 1 N–H and O–H groups in total. The molecule has 27 heavy (non-hydrogen) atoms. The molecule has 1 amide bonds. The van der Waals surface area contributed by atoms with Gasteiger partial charge in [0.1, 0.15) is 23.1 Å². The fourth-order valence-electron chi connectivity index (χ4n) is 2.50. The predicted molar refractivity (Wildman–Crippen MR) is 103 cm³/mol. The van der Waals surface area contributed by atoms with Gasteiger partial charge in [0.15, 0.2) is 0 Å². The molecule has 0 aliphatic rings. The second-order valence-corrected chi connectivity index (χ2v) is 7.73. The van der Waals surface area contributed by atoms with E-state index < -0.39 is 0 Å². The zero-order valence-electron chi connectivity index (χ0n) is 15.8. The Labute approximate surface area is 161 Å². The Hall–Kier alpha value is -2.74. The summed E-state index contributed by atoms with van der Waals surface area (Å²) in [4.78, 5) is 12.5. The SMILES string of the molecule is Cc1noc(C)c1COc1cccc(C(=O)Nc2nnc(CC(C)C)s2)c1. The smallest absolute Gasteiger partial charge is 0.257 e. The molecule has 0 radical (unpaired) electrons. The second kappa shape index (κ2) is 8.30. The topological polar surface area (TPSA) is 90.1 Å². The Kier molecular flexibility index (Phi) is 5.85. The van der Waals surface area contributed by atoms with E-state index in [1.165, 1.54) is 11.3 Å². The Morgan fingerprint density at radius 3 is 2.81 bits per heavy atom. The summed E-state index contributed by atoms with van der Waals surface area (Å²) in [5.41, 5.74) is 2.21. The summed E-state index contributed by atoms with van der Waals surface area (Å²) in [5, 5.41) is 16.3. The van der Waals surface area contributed by atoms with Gasteiger partial charge in [-0.3, -0.25) is 10.1 Å². The second-order valence-electron chi connectivity index (χ2n) is 6.67. The van der Waals surface area contributed by atoms with E-state index in [9.17, 15) is 4.79 Å². The number of aromatic nitrogens is 3. The van der Waals surface area contributed by atoms with Gasteiger partial charge in [0, 0.05) is 12.0 Å². The molecule has 142 valence electrons. The van der Waals surface area contributed by atoms with E-state index in [-0.39, 0.29) is 5.91 Å². The lowest BCUT2D eigenvalue weighted by atomic mass is 10.1. The number of carbonyl (C=O) groups excluding carboxylic acids is 1. The number of carbonyl (C=O) groups is 1. The number of rotatable bonds is 7. The van der Waals surface area contributed by atoms with Crippen LogP contribution < -0.4 is 10.1 Å². The van der Waals surface area contributed by atoms with Crippen LogP contribution in [0.25, 0.3) is 0 Å². The molecule has 2 aromatic heterocycles. The van der Waals surface area contributed by atoms with Crippen LogP contribution in [0.3, 0.4) is 0 Å². The van der Waals surface area contributed by atoms with Gasteiger partial charge < -0.3 is 9.26 Å². The largest absolute Gasteiger partial charge is 0.489 e. The molecule has 0 atom stereocenters. The molecule has 0 saturated carbocycles. The lowest BCUT2D eigenvalue weighted by molar-refractivity contribution is 0.102. The maximum atomic E-state index is 12.5. The van der Waals surface area contributed by atoms with Gasteiger partial charge in [-0.25, -0.2) is 0 Å². The summed E-state index contributed by atoms with van der Waals surface area (Å²) >= 11 is 1.40. The molecule has 2 heterocycles. The molecule has 0 fully saturated rings. The van der Waals surface area contributed by atoms with E-state index in [0.29, 0.717) is 29.0 Å². The van der Waals surface area contributed by atoms with Crippen LogP contribution in [0, 0.1) is 19.8 Å². The molecule has 7 nitrogen and oxygen atoms in total. The van der Waals surface area contributed by atoms with Gasteiger partial charge in [-0.05, 0) is 38.0 Å². The van der Waals surface area contributed by atoms with Crippen molar-refractivity contribution in [2.45, 2.75) is 40.7 Å². The highest BCUT2D eigenvalue weighted by Gasteiger charge is 2.13. The Morgan fingerprint density at radius 1 is 1.30 bits per heavy atom. The fourth-order valence-corrected chi connectivity index (χ4v) is 3.44. The quantitative estimate of drug-likeness (QED) is 0.655. The fraction of sp³-hybridized carbons (Fsp3) is 0.368. The van der Waals surface area contributed by atoms with Crippen molar-refractivity contribution in [1.29, 1.82) is 0 Å². The van der Waals surface area contributed by atoms with E-state index in [0.717, 1.165) is 28.4 Å². The number of amides is 1. The molecule has 3 aromatic rings. The molecular formula is C19H22N4O3S. The molecule has 0 bridgehead atoms. The van der Waals surface area contributed by atoms with Crippen molar-refractivity contribution in [2.75, 3.05) is 5.32 Å². The van der Waals surface area contributed by atoms with Crippen LogP contribution in [-0.2, 0) is 13.0 Å². The summed E-state index contributed by atoms with van der Waals surface area (Å²) in [6.07, 6.45) is 0.846. The zero-order valence-corrected chi connectivity index (χ0v) is 16.6. The van der Waals surface area contributed by atoms with Gasteiger partial charge in [-0.2, -0.15) is 0 Å². The van der Waals surface area contributed by atoms with Crippen molar-refractivity contribution in [3.05, 3.63) is 51.9 Å². The third-order valence-corrected chi connectivity index (χ3v) is 4.79. The first-order chi connectivity index (χ1) is 12.9. The minimum Gasteiger partial charge on any atom is -0.489 e. The van der Waals surface area contributed by atoms with Crippen molar-refractivity contribution in [2.24, 2.45) is 5.92 Å². The van der Waals surface area contributed by atoms with Crippen LogP contribution >= 0.6 is 11.3 Å². The zero-order chi connectivity index (χ0) is 19.4. The third kappa shape index (κ3) is 4.91. The van der Waals surface area contributed by atoms with E-state index in [2.05, 4.69) is 34.5 Å². The average Bonchev–Trinajstić information content (AvgIpc) is 3.19. The normalized spacial score (nSPS) is 11.0. The van der Waals surface area contributed by atoms with Crippen LogP contribution in [0.2, 0.25) is 0 Å². The van der Waals surface area contributed by atoms with Crippen molar-refractivity contribution in [3.8, 4) is 5.75 Å². The summed E-state index contributed by atoms with van der Waals surface area (Å²) in [6.45, 7) is 8.29. The van der Waals surface area contributed by atoms with Crippen molar-refractivity contribution in [3.63, 3.8) is 0 Å². The summed E-state index contributed by atoms with van der Waals surface area (Å²) in [5.74, 6) is 1.58. The standard InChI is InChI=1S/C19H22N4O3S/c1-11(2)8-17-21-22-19(27-17)20-18(24)14-6-5-7-15(9-14)25-10-16-12(3)23-26-13(16)4/h5-7,9,11H,8,10H2,1-4H3,(H,20,22,24). The Morgan fingerprint density at radius 2 is 2.11 bits per heavy atom. The highest BCUT2D eigenvalue weighted by molar-refractivity contribution is 7.15. The monoisotopic (exact) mass is 386 g/mol. The molecule has 0 aliphatic carbocycles. The molecule has 0 aliphatic heterocycles. The first-order valence-electron chi connectivity index (χ1n) is 8.70. The van der Waals surface area contributed by atoms with Crippen LogP contribution in [-0.4, -0.2) is 21.3 Å². The highest BCUT2D eigenvalue weighted by atomic mass is 32.1. The highest BCUT2D eigenvalue weighted by Crippen LogP contribution is 2.21. The first-order valence-corrected chi connectivity index (χ1v) is 9.52. The minimum absolute atomic E-state index is 0.245. The van der Waals surface area contributed by atoms with E-state index in [1.54, 1.807) is 24.3 Å². The Balaban J connectivity index is 1.64. The molecule has 0 saturated heterocycles. The number of nitrogens with one attached hydrogen (secondary N) is 1. The number of aryl methyl sites for hydroxylation is 2. The summed E-state index contributed by atoms with van der Waals surface area (Å²) in [7, 11) is 0. The van der Waals surface area contributed by atoms with Crippen LogP contribution in [0.5, 0.6) is 5.75 Å².